The molecule has 35 heavy (non-hydrogen) atoms. The highest BCUT2D eigenvalue weighted by molar-refractivity contribution is 6.76. The van der Waals surface area contributed by atoms with Crippen molar-refractivity contribution in [2.75, 3.05) is 11.9 Å². The highest BCUT2D eigenvalue weighted by atomic mass is 28.3. The molecule has 1 fully saturated rings. The predicted molar refractivity (Wildman–Crippen MR) is 147 cm³/mol. The van der Waals surface area contributed by atoms with Crippen molar-refractivity contribution in [3.05, 3.63) is 54.4 Å². The number of hydrogen-bond donors (Lipinski definition) is 1. The van der Waals surface area contributed by atoms with Crippen LogP contribution in [0.4, 0.5) is 5.69 Å². The smallest absolute Gasteiger partial charge is 0.139 e. The van der Waals surface area contributed by atoms with Crippen LogP contribution in [0.25, 0.3) is 22.3 Å². The van der Waals surface area contributed by atoms with E-state index in [2.05, 4.69) is 79.6 Å². The van der Waals surface area contributed by atoms with Crippen molar-refractivity contribution in [2.24, 2.45) is 5.92 Å². The van der Waals surface area contributed by atoms with Gasteiger partial charge in [0.15, 0.2) is 0 Å². The molecular formula is C29H39N3O2Si. The van der Waals surface area contributed by atoms with Crippen molar-refractivity contribution in [3.8, 4) is 28.0 Å². The highest BCUT2D eigenvalue weighted by Crippen LogP contribution is 2.41. The Kier molecular flexibility index (Phi) is 7.03. The fourth-order valence-corrected chi connectivity index (χ4v) is 5.94. The van der Waals surface area contributed by atoms with E-state index in [1.807, 2.05) is 10.9 Å². The lowest BCUT2D eigenvalue weighted by atomic mass is 9.87. The third-order valence-corrected chi connectivity index (χ3v) is 8.96. The van der Waals surface area contributed by atoms with Crippen LogP contribution in [0, 0.1) is 5.92 Å². The molecule has 0 amide bonds. The lowest BCUT2D eigenvalue weighted by Crippen LogP contribution is -2.26. The average molecular weight is 490 g/mol. The molecule has 0 saturated heterocycles. The monoisotopic (exact) mass is 489 g/mol. The minimum Gasteiger partial charge on any atom is -0.488 e. The number of aromatic nitrogens is 2. The van der Waals surface area contributed by atoms with Crippen molar-refractivity contribution >= 4 is 13.8 Å². The quantitative estimate of drug-likeness (QED) is 0.264. The second-order valence-corrected chi connectivity index (χ2v) is 17.2. The van der Waals surface area contributed by atoms with Crippen molar-refractivity contribution in [1.29, 1.82) is 0 Å². The lowest BCUT2D eigenvalue weighted by Gasteiger charge is -2.29. The molecule has 2 aliphatic rings. The first kappa shape index (κ1) is 24.1. The molecule has 2 aromatic carbocycles. The first-order valence-electron chi connectivity index (χ1n) is 13.1. The van der Waals surface area contributed by atoms with E-state index in [0.29, 0.717) is 19.4 Å². The van der Waals surface area contributed by atoms with Crippen LogP contribution in [0.15, 0.2) is 48.8 Å². The van der Waals surface area contributed by atoms with Crippen molar-refractivity contribution in [1.82, 2.24) is 9.78 Å². The molecule has 1 N–H and O–H groups in total. The van der Waals surface area contributed by atoms with Gasteiger partial charge in [0, 0.05) is 49.8 Å². The zero-order valence-corrected chi connectivity index (χ0v) is 22.6. The van der Waals surface area contributed by atoms with Gasteiger partial charge in [0.1, 0.15) is 19.1 Å². The summed E-state index contributed by atoms with van der Waals surface area (Å²) in [6.45, 7) is 11.4. The molecule has 0 radical (unpaired) electrons. The van der Waals surface area contributed by atoms with Crippen LogP contribution in [0.2, 0.25) is 25.7 Å². The van der Waals surface area contributed by atoms with Crippen LogP contribution in [0.1, 0.15) is 38.2 Å². The number of anilines is 1. The molecule has 1 saturated carbocycles. The van der Waals surface area contributed by atoms with E-state index >= 15 is 0 Å². The molecule has 0 unspecified atom stereocenters. The van der Waals surface area contributed by atoms with E-state index in [1.54, 1.807) is 0 Å². The summed E-state index contributed by atoms with van der Waals surface area (Å²) in [6.07, 6.45) is 9.18. The van der Waals surface area contributed by atoms with E-state index in [0.717, 1.165) is 29.4 Å². The molecule has 6 heteroatoms. The normalized spacial score (nSPS) is 19.5. The molecule has 1 aliphatic carbocycles. The van der Waals surface area contributed by atoms with Gasteiger partial charge >= 0.3 is 0 Å². The fraction of sp³-hybridized carbons (Fsp3) is 0.483. The standard InChI is InChI=1S/C29H39N3O2Si/c1-21-6-5-7-25(14-21)31-26-9-11-28-27-10-8-22(15-23(27)19-34-29(28)16-26)24-17-30-32(18-24)20-33-12-13-35(2,3)4/h8-11,15-18,21,25,31H,5-7,12-14,19-20H2,1-4H3/t21-,25+/m0/s1. The minimum atomic E-state index is -1.07. The summed E-state index contributed by atoms with van der Waals surface area (Å²) in [5.41, 5.74) is 7.09. The van der Waals surface area contributed by atoms with E-state index in [1.165, 1.54) is 54.1 Å². The second kappa shape index (κ2) is 10.2. The van der Waals surface area contributed by atoms with Gasteiger partial charge in [0.05, 0.1) is 6.20 Å². The molecule has 2 atom stereocenters. The predicted octanol–water partition coefficient (Wildman–Crippen LogP) is 7.41. The number of nitrogens with zero attached hydrogens (tertiary/aromatic N) is 2. The first-order chi connectivity index (χ1) is 16.8. The van der Waals surface area contributed by atoms with Gasteiger partial charge < -0.3 is 14.8 Å². The highest BCUT2D eigenvalue weighted by Gasteiger charge is 2.21. The Balaban J connectivity index is 1.26. The third-order valence-electron chi connectivity index (χ3n) is 7.25. The van der Waals surface area contributed by atoms with Crippen LogP contribution in [-0.4, -0.2) is 30.5 Å². The number of benzene rings is 2. The van der Waals surface area contributed by atoms with Gasteiger partial charge in [0.25, 0.3) is 0 Å². The minimum absolute atomic E-state index is 0.502. The Morgan fingerprint density at radius 3 is 2.77 bits per heavy atom. The molecule has 186 valence electrons. The number of hydrogen-bond acceptors (Lipinski definition) is 4. The zero-order chi connectivity index (χ0) is 24.4. The van der Waals surface area contributed by atoms with Crippen LogP contribution < -0.4 is 10.1 Å². The average Bonchev–Trinajstić information content (AvgIpc) is 3.30. The third kappa shape index (κ3) is 5.99. The molecule has 5 rings (SSSR count). The Labute approximate surface area is 210 Å². The van der Waals surface area contributed by atoms with E-state index < -0.39 is 8.07 Å². The number of rotatable bonds is 8. The van der Waals surface area contributed by atoms with Crippen LogP contribution >= 0.6 is 0 Å². The maximum atomic E-state index is 6.21. The molecule has 5 nitrogen and oxygen atoms in total. The summed E-state index contributed by atoms with van der Waals surface area (Å²) in [5, 5.41) is 8.25. The summed E-state index contributed by atoms with van der Waals surface area (Å²) in [5.74, 6) is 1.79. The van der Waals surface area contributed by atoms with E-state index in [4.69, 9.17) is 9.47 Å². The number of fused-ring (bicyclic) bond motifs is 3. The topological polar surface area (TPSA) is 48.3 Å². The molecular weight excluding hydrogens is 450 g/mol. The summed E-state index contributed by atoms with van der Waals surface area (Å²) in [7, 11) is -1.07. The molecule has 2 heterocycles. The Hall–Kier alpha value is -2.57. The van der Waals surface area contributed by atoms with Gasteiger partial charge in [0.2, 0.25) is 0 Å². The van der Waals surface area contributed by atoms with Gasteiger partial charge in [-0.25, -0.2) is 4.68 Å². The van der Waals surface area contributed by atoms with Gasteiger partial charge in [-0.15, -0.1) is 0 Å². The fourth-order valence-electron chi connectivity index (χ4n) is 5.19. The van der Waals surface area contributed by atoms with Gasteiger partial charge in [-0.3, -0.25) is 0 Å². The Morgan fingerprint density at radius 1 is 1.09 bits per heavy atom. The SMILES string of the molecule is C[C@H]1CCC[C@@H](Nc2ccc3c(c2)OCc2cc(-c4cnn(COCC[Si](C)(C)C)c4)ccc2-3)C1. The van der Waals surface area contributed by atoms with Gasteiger partial charge in [-0.1, -0.05) is 51.5 Å². The number of ether oxygens (including phenoxy) is 2. The van der Waals surface area contributed by atoms with Crippen LogP contribution in [0.5, 0.6) is 5.75 Å². The van der Waals surface area contributed by atoms with Gasteiger partial charge in [-0.05, 0) is 59.7 Å². The first-order valence-corrected chi connectivity index (χ1v) is 16.8. The summed E-state index contributed by atoms with van der Waals surface area (Å²) < 4.78 is 13.9. The Morgan fingerprint density at radius 2 is 1.94 bits per heavy atom. The van der Waals surface area contributed by atoms with Crippen molar-refractivity contribution in [2.45, 2.75) is 77.7 Å². The van der Waals surface area contributed by atoms with Gasteiger partial charge in [-0.2, -0.15) is 5.10 Å². The second-order valence-electron chi connectivity index (χ2n) is 11.6. The molecule has 1 aliphatic heterocycles. The Bertz CT molecular complexity index is 1170. The van der Waals surface area contributed by atoms with Crippen LogP contribution in [-0.2, 0) is 18.1 Å². The molecule has 1 aromatic heterocycles. The van der Waals surface area contributed by atoms with Crippen molar-refractivity contribution in [3.63, 3.8) is 0 Å². The maximum absolute atomic E-state index is 6.21. The van der Waals surface area contributed by atoms with Crippen molar-refractivity contribution < 1.29 is 9.47 Å². The summed E-state index contributed by atoms with van der Waals surface area (Å²) in [4.78, 5) is 0. The summed E-state index contributed by atoms with van der Waals surface area (Å²) >= 11 is 0. The molecule has 3 aromatic rings. The van der Waals surface area contributed by atoms with E-state index in [-0.39, 0.29) is 0 Å². The van der Waals surface area contributed by atoms with E-state index in [9.17, 15) is 0 Å². The zero-order valence-electron chi connectivity index (χ0n) is 21.6. The largest absolute Gasteiger partial charge is 0.488 e. The molecule has 0 spiro atoms. The van der Waals surface area contributed by atoms with Crippen LogP contribution in [0.3, 0.4) is 0 Å². The summed E-state index contributed by atoms with van der Waals surface area (Å²) in [6, 6.07) is 15.0. The maximum Gasteiger partial charge on any atom is 0.139 e. The lowest BCUT2D eigenvalue weighted by molar-refractivity contribution is 0.0786. The number of nitrogens with one attached hydrogen (secondary N) is 1. The molecule has 0 bridgehead atoms.